The number of hydrogen-bond acceptors (Lipinski definition) is 6. The van der Waals surface area contributed by atoms with Gasteiger partial charge in [0.05, 0.1) is 0 Å². The van der Waals surface area contributed by atoms with Crippen molar-refractivity contribution in [1.82, 2.24) is 0 Å². The number of halogens is 1. The summed E-state index contributed by atoms with van der Waals surface area (Å²) < 4.78 is 55.2. The Morgan fingerprint density at radius 2 is 2.12 bits per heavy atom. The zero-order valence-corrected chi connectivity index (χ0v) is 11.0. The Labute approximate surface area is 105 Å². The average molecular weight is 298 g/mol. The summed E-state index contributed by atoms with van der Waals surface area (Å²) in [6.45, 7) is -0.756. The molecule has 0 fully saturated rings. The van der Waals surface area contributed by atoms with Gasteiger partial charge in [-0.15, -0.1) is 0 Å². The van der Waals surface area contributed by atoms with Crippen molar-refractivity contribution in [3.05, 3.63) is 29.6 Å². The number of hydrogen-bond donors (Lipinski definition) is 1. The van der Waals surface area contributed by atoms with Gasteiger partial charge in [0, 0.05) is 5.75 Å². The van der Waals surface area contributed by atoms with Crippen LogP contribution in [0, 0.1) is 5.82 Å². The number of rotatable bonds is 6. The van der Waals surface area contributed by atoms with Gasteiger partial charge in [0.2, 0.25) is 0 Å². The lowest BCUT2D eigenvalue weighted by Crippen LogP contribution is -2.12. The lowest BCUT2D eigenvalue weighted by Gasteiger charge is -2.08. The van der Waals surface area contributed by atoms with Gasteiger partial charge in [0.1, 0.15) is 10.7 Å². The first-order valence-corrected chi connectivity index (χ1v) is 7.02. The molecule has 0 aliphatic carbocycles. The van der Waals surface area contributed by atoms with Crippen LogP contribution < -0.4 is 0 Å². The number of thiol groups is 1. The third-order valence-electron chi connectivity index (χ3n) is 1.78. The monoisotopic (exact) mass is 298 g/mol. The molecule has 0 aromatic heterocycles. The summed E-state index contributed by atoms with van der Waals surface area (Å²) in [5, 5.41) is 0. The Bertz CT molecular complexity index is 505. The third kappa shape index (κ3) is 3.72. The zero-order valence-electron chi connectivity index (χ0n) is 8.37. The van der Waals surface area contributed by atoms with E-state index >= 15 is 0 Å². The summed E-state index contributed by atoms with van der Waals surface area (Å²) in [4.78, 5) is -0.582. The molecule has 0 heterocycles. The van der Waals surface area contributed by atoms with Crippen molar-refractivity contribution in [1.29, 1.82) is 0 Å². The van der Waals surface area contributed by atoms with Crippen molar-refractivity contribution >= 4 is 31.4 Å². The molecule has 0 N–H and O–H groups in total. The highest BCUT2D eigenvalue weighted by atomic mass is 32.2. The maximum atomic E-state index is 13.4. The van der Waals surface area contributed by atoms with E-state index in [0.29, 0.717) is 0 Å². The van der Waals surface area contributed by atoms with Gasteiger partial charge >= 0.3 is 18.8 Å². The van der Waals surface area contributed by atoms with E-state index < -0.39 is 36.3 Å². The van der Waals surface area contributed by atoms with Crippen molar-refractivity contribution in [2.45, 2.75) is 10.6 Å². The third-order valence-corrected chi connectivity index (χ3v) is 3.69. The topological polar surface area (TPSA) is 69.7 Å². The Hall–Kier alpha value is -0.530. The van der Waals surface area contributed by atoms with Crippen molar-refractivity contribution < 1.29 is 26.1 Å². The predicted molar refractivity (Wildman–Crippen MR) is 60.9 cm³/mol. The Balaban J connectivity index is 3.09. The van der Waals surface area contributed by atoms with Gasteiger partial charge in [-0.25, -0.2) is 13.1 Å². The number of benzene rings is 1. The second kappa shape index (κ2) is 6.42. The molecule has 9 heteroatoms. The van der Waals surface area contributed by atoms with Crippen LogP contribution in [0.5, 0.6) is 0 Å². The van der Waals surface area contributed by atoms with Gasteiger partial charge in [0.15, 0.2) is 6.79 Å². The van der Waals surface area contributed by atoms with Crippen LogP contribution in [0.3, 0.4) is 0 Å². The molecule has 0 radical (unpaired) electrons. The summed E-state index contributed by atoms with van der Waals surface area (Å²) in [5.41, 5.74) is 0.174. The van der Waals surface area contributed by atoms with E-state index in [4.69, 9.17) is 0 Å². The highest BCUT2D eigenvalue weighted by Crippen LogP contribution is 2.23. The molecule has 5 nitrogen and oxygen atoms in total. The fraction of sp³-hybridized carbons (Fsp3) is 0.250. The van der Waals surface area contributed by atoms with Crippen LogP contribution in [-0.4, -0.2) is 15.2 Å². The second-order valence-corrected chi connectivity index (χ2v) is 5.06. The van der Waals surface area contributed by atoms with Crippen LogP contribution in [0.25, 0.3) is 0 Å². The minimum absolute atomic E-state index is 0.0380. The van der Waals surface area contributed by atoms with Crippen molar-refractivity contribution in [3.63, 3.8) is 0 Å². The lowest BCUT2D eigenvalue weighted by molar-refractivity contribution is 0.139. The molecule has 0 spiro atoms. The van der Waals surface area contributed by atoms with Gasteiger partial charge in [-0.1, -0.05) is 12.1 Å². The molecule has 94 valence electrons. The summed E-state index contributed by atoms with van der Waals surface area (Å²) in [7, 11) is -5.02. The summed E-state index contributed by atoms with van der Waals surface area (Å²) >= 11 is 3.90. The minimum atomic E-state index is -4.30. The molecule has 0 aliphatic heterocycles. The Morgan fingerprint density at radius 1 is 1.41 bits per heavy atom. The molecule has 0 saturated heterocycles. The maximum absolute atomic E-state index is 13.4. The maximum Gasteiger partial charge on any atom is 0.329 e. The van der Waals surface area contributed by atoms with E-state index in [1.54, 1.807) is 0 Å². The van der Waals surface area contributed by atoms with E-state index in [2.05, 4.69) is 21.3 Å². The largest absolute Gasteiger partial charge is 0.329 e. The standard InChI is InChI=1S/C8H8FO5PS2/c9-7-3-1-2-6(4-16)8(7)17(11,12)14-5-13-15-10/h1-3,16H,4-5H2. The molecule has 0 saturated carbocycles. The van der Waals surface area contributed by atoms with Gasteiger partial charge in [-0.05, 0) is 11.6 Å². The fourth-order valence-corrected chi connectivity index (χ4v) is 2.72. The first kappa shape index (κ1) is 14.5. The van der Waals surface area contributed by atoms with Crippen LogP contribution in [0.1, 0.15) is 5.56 Å². The van der Waals surface area contributed by atoms with Crippen molar-refractivity contribution in [3.8, 4) is 0 Å². The van der Waals surface area contributed by atoms with E-state index in [9.17, 15) is 17.4 Å². The first-order chi connectivity index (χ1) is 8.03. The summed E-state index contributed by atoms with van der Waals surface area (Å²) in [6, 6.07) is 3.78. The molecule has 0 unspecified atom stereocenters. The molecule has 0 bridgehead atoms. The smallest absolute Gasteiger partial charge is 0.265 e. The first-order valence-electron chi connectivity index (χ1n) is 4.25. The SMILES string of the molecule is O=POCOS(=O)(=O)c1c(F)cccc1CS. The summed E-state index contributed by atoms with van der Waals surface area (Å²) in [6.07, 6.45) is 0. The van der Waals surface area contributed by atoms with E-state index in [-0.39, 0.29) is 11.3 Å². The average Bonchev–Trinajstić information content (AvgIpc) is 2.28. The second-order valence-electron chi connectivity index (χ2n) is 2.78. The molecular formula is C8H8FO5PS2. The van der Waals surface area contributed by atoms with E-state index in [0.717, 1.165) is 6.07 Å². The van der Waals surface area contributed by atoms with Gasteiger partial charge in [-0.3, -0.25) is 4.52 Å². The van der Waals surface area contributed by atoms with Crippen molar-refractivity contribution in [2.75, 3.05) is 6.79 Å². The zero-order chi connectivity index (χ0) is 12.9. The highest BCUT2D eigenvalue weighted by Gasteiger charge is 2.23. The van der Waals surface area contributed by atoms with E-state index in [1.807, 2.05) is 0 Å². The minimum Gasteiger partial charge on any atom is -0.265 e. The van der Waals surface area contributed by atoms with Crippen LogP contribution in [0.4, 0.5) is 4.39 Å². The van der Waals surface area contributed by atoms with Crippen LogP contribution in [0.2, 0.25) is 0 Å². The molecule has 17 heavy (non-hydrogen) atoms. The Morgan fingerprint density at radius 3 is 2.71 bits per heavy atom. The quantitative estimate of drug-likeness (QED) is 0.286. The molecule has 1 rings (SSSR count). The summed E-state index contributed by atoms with van der Waals surface area (Å²) in [5.74, 6) is -0.896. The van der Waals surface area contributed by atoms with Crippen LogP contribution >= 0.6 is 21.3 Å². The molecule has 1 aromatic rings. The fourth-order valence-electron chi connectivity index (χ4n) is 1.12. The molecular weight excluding hydrogens is 290 g/mol. The molecule has 0 atom stereocenters. The Kier molecular flexibility index (Phi) is 5.48. The van der Waals surface area contributed by atoms with E-state index in [1.165, 1.54) is 12.1 Å². The van der Waals surface area contributed by atoms with Crippen LogP contribution in [-0.2, 0) is 29.1 Å². The molecule has 0 aliphatic rings. The van der Waals surface area contributed by atoms with Gasteiger partial charge < -0.3 is 0 Å². The van der Waals surface area contributed by atoms with Gasteiger partial charge in [-0.2, -0.15) is 21.0 Å². The molecule has 1 aromatic carbocycles. The van der Waals surface area contributed by atoms with Gasteiger partial charge in [0.25, 0.3) is 0 Å². The predicted octanol–water partition coefficient (Wildman–Crippen LogP) is 2.14. The highest BCUT2D eigenvalue weighted by molar-refractivity contribution is 7.87. The lowest BCUT2D eigenvalue weighted by atomic mass is 10.2. The molecule has 0 amide bonds. The normalized spacial score (nSPS) is 11.9. The van der Waals surface area contributed by atoms with Crippen molar-refractivity contribution in [2.24, 2.45) is 0 Å². The van der Waals surface area contributed by atoms with Crippen LogP contribution in [0.15, 0.2) is 23.1 Å².